The highest BCUT2D eigenvalue weighted by atomic mass is 31.3. The van der Waals surface area contributed by atoms with Crippen molar-refractivity contribution in [2.45, 2.75) is 93.9 Å². The van der Waals surface area contributed by atoms with E-state index in [0.29, 0.717) is 0 Å². The molecule has 5 aromatic heterocycles. The number of aliphatic hydroxyl groups excluding tert-OH is 3. The van der Waals surface area contributed by atoms with Crippen LogP contribution in [0.15, 0.2) is 45.6 Å². The Morgan fingerprint density at radius 3 is 2.09 bits per heavy atom. The molecule has 0 radical (unpaired) electrons. The monoisotopic (exact) mass is 1200 g/mol. The smallest absolute Gasteiger partial charge is 0.387 e. The molecule has 1 amide bonds. The van der Waals surface area contributed by atoms with Crippen molar-refractivity contribution in [1.82, 2.24) is 48.5 Å². The van der Waals surface area contributed by atoms with Gasteiger partial charge in [-0.3, -0.25) is 56.1 Å². The summed E-state index contributed by atoms with van der Waals surface area (Å²) in [6.45, 7) is -0.311. The number of fused-ring (bicyclic) bond motifs is 2. The number of nitrogens with zero attached hydrogens (tertiary/aromatic N) is 9. The lowest BCUT2D eigenvalue weighted by molar-refractivity contribution is -0.745. The SMILES string of the molecule is CC(C)O[C@@H]1[C@H](OP(=O)(O)OC[C@H]2O[C@@H](n3ccc(=O)[nH]c3=O)[C@H](O)[C@@H]2O)[C@@H](COP(=O)(O)OP(=O)(O)OP(=O)(O)OC[C@H]2O[C@@H]([n+]3cn(C)c4c(=O)[nH]c(N)nc43)[C@H](O)[C@@H]2CC(=O)N(C)C)O[C@H]1n1cnc2c(N)ncnc21. The number of nitrogens with one attached hydrogen (secondary N) is 2. The molecule has 3 fully saturated rings. The van der Waals surface area contributed by atoms with Crippen LogP contribution < -0.4 is 32.8 Å². The summed E-state index contributed by atoms with van der Waals surface area (Å²) >= 11 is 0. The Kier molecular flexibility index (Phi) is 17.5. The van der Waals surface area contributed by atoms with Crippen LogP contribution in [0, 0.1) is 5.92 Å². The molecule has 0 aromatic carbocycles. The van der Waals surface area contributed by atoms with Crippen LogP contribution in [0.4, 0.5) is 11.8 Å². The molecule has 0 bridgehead atoms. The number of imidazole rings is 2. The summed E-state index contributed by atoms with van der Waals surface area (Å²) < 4.78 is 111. The second-order valence-electron chi connectivity index (χ2n) is 18.3. The van der Waals surface area contributed by atoms with Crippen molar-refractivity contribution in [3.63, 3.8) is 0 Å². The Morgan fingerprint density at radius 2 is 1.44 bits per heavy atom. The first-order chi connectivity index (χ1) is 36.8. The van der Waals surface area contributed by atoms with Crippen LogP contribution >= 0.6 is 31.3 Å². The van der Waals surface area contributed by atoms with Gasteiger partial charge in [-0.1, -0.05) is 4.98 Å². The maximum absolute atomic E-state index is 13.8. The van der Waals surface area contributed by atoms with E-state index in [1.807, 2.05) is 4.98 Å². The van der Waals surface area contributed by atoms with Gasteiger partial charge in [-0.05, 0) is 13.8 Å². The van der Waals surface area contributed by atoms with E-state index in [1.165, 1.54) is 59.9 Å². The first kappa shape index (κ1) is 60.0. The van der Waals surface area contributed by atoms with E-state index < -0.39 is 160 Å². The number of aryl methyl sites for hydroxylation is 1. The molecule has 0 saturated carbocycles. The molecule has 79 heavy (non-hydrogen) atoms. The van der Waals surface area contributed by atoms with Gasteiger partial charge < -0.3 is 70.2 Å². The Labute approximate surface area is 441 Å². The van der Waals surface area contributed by atoms with Crippen molar-refractivity contribution in [3.8, 4) is 0 Å². The zero-order valence-electron chi connectivity index (χ0n) is 41.7. The number of nitrogens with two attached hydrogens (primary N) is 2. The number of hydrogen-bond acceptors (Lipinski definition) is 27. The fraction of sp³-hybridized carbons (Fsp3) is 0.595. The van der Waals surface area contributed by atoms with Crippen molar-refractivity contribution in [2.24, 2.45) is 13.0 Å². The number of ether oxygens (including phenoxy) is 4. The van der Waals surface area contributed by atoms with Gasteiger partial charge in [0.15, 0.2) is 30.2 Å². The van der Waals surface area contributed by atoms with Crippen LogP contribution in [0.3, 0.4) is 0 Å². The van der Waals surface area contributed by atoms with Crippen molar-refractivity contribution in [1.29, 1.82) is 0 Å². The number of carbonyl (C=O) groups excluding carboxylic acids is 1. The summed E-state index contributed by atoms with van der Waals surface area (Å²) in [5.74, 6) is -2.20. The zero-order chi connectivity index (χ0) is 57.8. The fourth-order valence-electron chi connectivity index (χ4n) is 8.72. The van der Waals surface area contributed by atoms with Crippen LogP contribution in [0.2, 0.25) is 0 Å². The average Bonchev–Trinajstić information content (AvgIpc) is 4.34. The van der Waals surface area contributed by atoms with Crippen LogP contribution in [-0.4, -0.2) is 178 Å². The highest BCUT2D eigenvalue weighted by Gasteiger charge is 2.54. The lowest BCUT2D eigenvalue weighted by atomic mass is 9.94. The van der Waals surface area contributed by atoms with E-state index in [1.54, 1.807) is 0 Å². The third-order valence-electron chi connectivity index (χ3n) is 12.2. The highest BCUT2D eigenvalue weighted by Crippen LogP contribution is 2.68. The second-order valence-corrected chi connectivity index (χ2v) is 24.4. The minimum Gasteiger partial charge on any atom is -0.387 e. The third-order valence-corrected chi connectivity index (χ3v) is 17.4. The quantitative estimate of drug-likeness (QED) is 0.0238. The first-order valence-electron chi connectivity index (χ1n) is 23.1. The van der Waals surface area contributed by atoms with Crippen molar-refractivity contribution >= 4 is 71.3 Å². The number of aliphatic hydroxyl groups is 3. The van der Waals surface area contributed by atoms with Crippen LogP contribution in [0.5, 0.6) is 0 Å². The molecule has 0 aliphatic carbocycles. The fourth-order valence-corrected chi connectivity index (χ4v) is 13.2. The molecule has 3 aliphatic rings. The van der Waals surface area contributed by atoms with E-state index in [2.05, 4.69) is 33.5 Å². The molecule has 13 N–H and O–H groups in total. The van der Waals surface area contributed by atoms with Gasteiger partial charge in [-0.25, -0.2) is 42.6 Å². The number of aromatic amines is 2. The number of H-pyrrole nitrogens is 2. The molecular formula is C37H54N13O25P4+. The number of carbonyl (C=O) groups is 1. The maximum Gasteiger partial charge on any atom is 0.490 e. The minimum absolute atomic E-state index is 0.00310. The van der Waals surface area contributed by atoms with Gasteiger partial charge in [-0.2, -0.15) is 8.62 Å². The molecule has 42 heteroatoms. The average molecular weight is 1200 g/mol. The summed E-state index contributed by atoms with van der Waals surface area (Å²) in [4.78, 5) is 114. The number of amides is 1. The number of anilines is 2. The number of nitrogen functional groups attached to an aromatic ring is 2. The first-order valence-corrected chi connectivity index (χ1v) is 29.1. The summed E-state index contributed by atoms with van der Waals surface area (Å²) in [5, 5.41) is 32.9. The molecule has 5 aromatic rings. The van der Waals surface area contributed by atoms with E-state index >= 15 is 0 Å². The summed E-state index contributed by atoms with van der Waals surface area (Å²) in [6.07, 6.45) is -15.1. The van der Waals surface area contributed by atoms with E-state index in [-0.39, 0.29) is 34.1 Å². The Balaban J connectivity index is 0.971. The molecule has 3 saturated heterocycles. The number of aromatic nitrogens is 10. The second kappa shape index (κ2) is 23.0. The third kappa shape index (κ3) is 13.3. The van der Waals surface area contributed by atoms with E-state index in [9.17, 15) is 72.3 Å². The minimum atomic E-state index is -6.25. The van der Waals surface area contributed by atoms with E-state index in [4.69, 9.17) is 48.5 Å². The zero-order valence-corrected chi connectivity index (χ0v) is 45.2. The molecule has 436 valence electrons. The number of phosphoric ester groups is 3. The summed E-state index contributed by atoms with van der Waals surface area (Å²) in [6, 6.07) is 0.924. The van der Waals surface area contributed by atoms with Gasteiger partial charge in [0, 0.05) is 38.7 Å². The van der Waals surface area contributed by atoms with Crippen molar-refractivity contribution < 1.29 is 108 Å². The van der Waals surface area contributed by atoms with Gasteiger partial charge in [0.2, 0.25) is 17.7 Å². The predicted octanol–water partition coefficient (Wildman–Crippen LogP) is -3.36. The van der Waals surface area contributed by atoms with Crippen LogP contribution in [0.25, 0.3) is 22.3 Å². The van der Waals surface area contributed by atoms with Gasteiger partial charge >= 0.3 is 42.6 Å². The Morgan fingerprint density at radius 1 is 0.810 bits per heavy atom. The van der Waals surface area contributed by atoms with Gasteiger partial charge in [0.25, 0.3) is 17.1 Å². The molecule has 8 heterocycles. The molecule has 0 spiro atoms. The topological polar surface area (TPSA) is 528 Å². The van der Waals surface area contributed by atoms with Crippen molar-refractivity contribution in [3.05, 3.63) is 62.4 Å². The van der Waals surface area contributed by atoms with E-state index in [0.717, 1.165) is 29.5 Å². The van der Waals surface area contributed by atoms with Gasteiger partial charge in [0.05, 0.1) is 45.4 Å². The molecule has 16 atom stereocenters. The largest absolute Gasteiger partial charge is 0.490 e. The Bertz CT molecular complexity index is 3470. The lowest BCUT2D eigenvalue weighted by Crippen LogP contribution is -2.45. The normalized spacial score (nSPS) is 29.4. The van der Waals surface area contributed by atoms with Crippen molar-refractivity contribution in [2.75, 3.05) is 45.4 Å². The summed E-state index contributed by atoms with van der Waals surface area (Å²) in [7, 11) is -19.4. The molecular weight excluding hydrogens is 1150 g/mol. The van der Waals surface area contributed by atoms with Crippen LogP contribution in [0.1, 0.15) is 39.0 Å². The predicted molar refractivity (Wildman–Crippen MR) is 258 cm³/mol. The standard InChI is InChI=1S/C37H53N13O25P4/c1-15(2)69-28-27(73-76(58,59)66-10-18-25(54)26(55)34(71-18)48-7-6-20(51)43-37(48)57)19(72-35(28)49-13-42-22-29(38)40-12-41-30(22)49)11-68-78(62,63)75-79(64,65)74-77(60,61)67-9-17-16(8-21(52)46(3)4)24(53)33(70-17)50-14-47(5)23-31(50)44-36(39)45-32(23)56/h6-7,12-19,24-28,33-35,53-55H,8-11H2,1-5H3,(H9-,38,39,40,41,43,44,45,51,56,57,58,59,60,61,62,63,64,65)/p+1/t16-,17-,18-,19-,24-,25-,26-,27-,28-,33-,34-,35-/m1/s1. The number of hydrogen-bond donors (Lipinski definition) is 11. The molecule has 8 rings (SSSR count). The Hall–Kier alpha value is -5.11. The van der Waals surface area contributed by atoms with Gasteiger partial charge in [-0.15, -0.1) is 0 Å². The number of phosphoric acid groups is 4. The molecule has 3 aliphatic heterocycles. The highest BCUT2D eigenvalue weighted by molar-refractivity contribution is 7.66. The summed E-state index contributed by atoms with van der Waals surface area (Å²) in [5.41, 5.74) is 9.21. The molecule has 4 unspecified atom stereocenters. The molecule has 38 nitrogen and oxygen atoms in total. The van der Waals surface area contributed by atoms with Gasteiger partial charge in [0.1, 0.15) is 54.6 Å². The lowest BCUT2D eigenvalue weighted by Gasteiger charge is -2.28. The number of rotatable bonds is 22. The van der Waals surface area contributed by atoms with Crippen LogP contribution in [-0.2, 0) is 75.8 Å². The maximum atomic E-state index is 13.8.